The van der Waals surface area contributed by atoms with Gasteiger partial charge in [-0.1, -0.05) is 0 Å². The summed E-state index contributed by atoms with van der Waals surface area (Å²) in [5.41, 5.74) is 9.81. The summed E-state index contributed by atoms with van der Waals surface area (Å²) >= 11 is 0. The third kappa shape index (κ3) is 25.7. The zero-order valence-corrected chi connectivity index (χ0v) is 12.9. The summed E-state index contributed by atoms with van der Waals surface area (Å²) in [6.45, 7) is 1.19. The van der Waals surface area contributed by atoms with Gasteiger partial charge in [0.05, 0.1) is 0 Å². The molecule has 0 saturated heterocycles. The molecule has 7 heavy (non-hydrogen) atoms. The fraction of sp³-hybridized carbons (Fsp3) is 1.00. The van der Waals surface area contributed by atoms with Gasteiger partial charge in [0.25, 0.3) is 0 Å². The molecule has 5 heteroatoms. The molecule has 0 heterocycles. The summed E-state index contributed by atoms with van der Waals surface area (Å²) < 4.78 is 0. The van der Waals surface area contributed by atoms with E-state index in [1.807, 2.05) is 0 Å². The second-order valence-electron chi connectivity index (χ2n) is 0.577. The zero-order valence-electron chi connectivity index (χ0n) is 9.28. The van der Waals surface area contributed by atoms with E-state index >= 15 is 0 Å². The first-order valence-electron chi connectivity index (χ1n) is 1.32. The van der Waals surface area contributed by atoms with Gasteiger partial charge in [0, 0.05) is 13.1 Å². The number of hydrogen-bond acceptors (Lipinski definition) is 2. The topological polar surface area (TPSA) is 52.0 Å². The Hall–Kier alpha value is 3.96. The smallest absolute Gasteiger partial charge is 1.00 e. The van der Waals surface area contributed by atoms with E-state index in [2.05, 4.69) is 0 Å². The SMILES string of the molecule is NCCN.[H-].[H-].[H-].[H-].[K+].[K+].[Mg+2]. The normalized spacial score (nSPS) is 4.29. The molecule has 0 fully saturated rings. The Balaban J connectivity index is -0.00000000214. The van der Waals surface area contributed by atoms with Gasteiger partial charge >= 0.3 is 126 Å². The molecule has 0 atom stereocenters. The van der Waals surface area contributed by atoms with Crippen LogP contribution in [-0.2, 0) is 0 Å². The molecule has 2 nitrogen and oxygen atoms in total. The van der Waals surface area contributed by atoms with E-state index in [0.717, 1.165) is 0 Å². The van der Waals surface area contributed by atoms with Crippen molar-refractivity contribution in [1.82, 2.24) is 0 Å². The molecule has 0 aliphatic carbocycles. The Kier molecular flexibility index (Phi) is 72.2. The van der Waals surface area contributed by atoms with Gasteiger partial charge in [0.1, 0.15) is 0 Å². The van der Waals surface area contributed by atoms with E-state index in [1.165, 1.54) is 0 Å². The largest absolute Gasteiger partial charge is 2.00 e. The molecule has 0 aliphatic rings. The molecular weight excluding hydrogens is 155 g/mol. The minimum absolute atomic E-state index is 0. The summed E-state index contributed by atoms with van der Waals surface area (Å²) in [5, 5.41) is 0. The molecule has 0 saturated carbocycles. The molecule has 0 aromatic heterocycles. The molecule has 0 spiro atoms. The average Bonchev–Trinajstić information content (AvgIpc) is 1.37. The van der Waals surface area contributed by atoms with Crippen LogP contribution in [-0.4, -0.2) is 36.1 Å². The van der Waals surface area contributed by atoms with E-state index in [-0.39, 0.29) is 132 Å². The minimum atomic E-state index is 0. The van der Waals surface area contributed by atoms with Gasteiger partial charge in [0.2, 0.25) is 0 Å². The minimum Gasteiger partial charge on any atom is -1.00 e. The summed E-state index contributed by atoms with van der Waals surface area (Å²) in [7, 11) is 0. The van der Waals surface area contributed by atoms with Crippen molar-refractivity contribution in [3.05, 3.63) is 0 Å². The van der Waals surface area contributed by atoms with Crippen LogP contribution in [0.15, 0.2) is 0 Å². The summed E-state index contributed by atoms with van der Waals surface area (Å²) in [5.74, 6) is 0. The van der Waals surface area contributed by atoms with Crippen molar-refractivity contribution in [2.75, 3.05) is 13.1 Å². The second-order valence-corrected chi connectivity index (χ2v) is 0.577. The molecule has 0 radical (unpaired) electrons. The maximum Gasteiger partial charge on any atom is 2.00 e. The number of hydrogen-bond donors (Lipinski definition) is 2. The molecule has 0 amide bonds. The fourth-order valence-corrected chi connectivity index (χ4v) is 0. The van der Waals surface area contributed by atoms with Crippen molar-refractivity contribution in [3.63, 3.8) is 0 Å². The van der Waals surface area contributed by atoms with E-state index in [9.17, 15) is 0 Å². The molecular formula is C2H12K2MgN2. The molecule has 0 aromatic carbocycles. The predicted molar refractivity (Wildman–Crippen MR) is 28.3 cm³/mol. The monoisotopic (exact) mass is 166 g/mol. The van der Waals surface area contributed by atoms with Gasteiger partial charge in [-0.3, -0.25) is 0 Å². The van der Waals surface area contributed by atoms with Crippen LogP contribution in [0, 0.1) is 0 Å². The van der Waals surface area contributed by atoms with Crippen molar-refractivity contribution in [1.29, 1.82) is 0 Å². The van der Waals surface area contributed by atoms with Crippen molar-refractivity contribution in [2.45, 2.75) is 0 Å². The fourth-order valence-electron chi connectivity index (χ4n) is 0. The Morgan fingerprint density at radius 3 is 1.14 bits per heavy atom. The van der Waals surface area contributed by atoms with Gasteiger partial charge in [-0.25, -0.2) is 0 Å². The van der Waals surface area contributed by atoms with Crippen LogP contribution < -0.4 is 114 Å². The van der Waals surface area contributed by atoms with E-state index in [4.69, 9.17) is 11.5 Å². The second kappa shape index (κ2) is 22.5. The Morgan fingerprint density at radius 1 is 1.00 bits per heavy atom. The van der Waals surface area contributed by atoms with Crippen molar-refractivity contribution in [2.24, 2.45) is 11.5 Å². The molecule has 0 bridgehead atoms. The average molecular weight is 167 g/mol. The summed E-state index contributed by atoms with van der Waals surface area (Å²) in [6.07, 6.45) is 0. The molecule has 0 unspecified atom stereocenters. The first-order chi connectivity index (χ1) is 1.91. The van der Waals surface area contributed by atoms with Crippen LogP contribution in [0.1, 0.15) is 5.71 Å². The molecule has 0 aliphatic heterocycles. The van der Waals surface area contributed by atoms with Gasteiger partial charge < -0.3 is 17.2 Å². The van der Waals surface area contributed by atoms with Gasteiger partial charge in [-0.2, -0.15) is 0 Å². The molecule has 0 aromatic rings. The number of nitrogens with two attached hydrogens (primary N) is 2. The van der Waals surface area contributed by atoms with Crippen molar-refractivity contribution >= 4 is 23.1 Å². The van der Waals surface area contributed by atoms with Crippen LogP contribution >= 0.6 is 0 Å². The Labute approximate surface area is 152 Å². The first kappa shape index (κ1) is 22.4. The Bertz CT molecular complexity index is 26.1. The van der Waals surface area contributed by atoms with Crippen LogP contribution in [0.3, 0.4) is 0 Å². The van der Waals surface area contributed by atoms with Crippen LogP contribution in [0.25, 0.3) is 0 Å². The van der Waals surface area contributed by atoms with Crippen LogP contribution in [0.5, 0.6) is 0 Å². The molecule has 34 valence electrons. The quantitative estimate of drug-likeness (QED) is 0.381. The molecule has 4 N–H and O–H groups in total. The molecule has 0 rings (SSSR count). The van der Waals surface area contributed by atoms with E-state index in [0.29, 0.717) is 13.1 Å². The van der Waals surface area contributed by atoms with E-state index in [1.54, 1.807) is 0 Å². The van der Waals surface area contributed by atoms with Crippen LogP contribution in [0.2, 0.25) is 0 Å². The summed E-state index contributed by atoms with van der Waals surface area (Å²) in [4.78, 5) is 0. The van der Waals surface area contributed by atoms with E-state index < -0.39 is 0 Å². The summed E-state index contributed by atoms with van der Waals surface area (Å²) in [6, 6.07) is 0. The van der Waals surface area contributed by atoms with Gasteiger partial charge in [-0.15, -0.1) is 0 Å². The van der Waals surface area contributed by atoms with Gasteiger partial charge in [0.15, 0.2) is 0 Å². The Morgan fingerprint density at radius 2 is 1.14 bits per heavy atom. The first-order valence-corrected chi connectivity index (χ1v) is 1.32. The third-order valence-electron chi connectivity index (χ3n) is 0.167. The third-order valence-corrected chi connectivity index (χ3v) is 0.167. The maximum atomic E-state index is 4.90. The zero-order chi connectivity index (χ0) is 3.41. The number of rotatable bonds is 1. The van der Waals surface area contributed by atoms with Crippen LogP contribution in [0.4, 0.5) is 0 Å². The predicted octanol–water partition coefficient (Wildman–Crippen LogP) is -7.02. The van der Waals surface area contributed by atoms with Crippen molar-refractivity contribution < 1.29 is 108 Å². The maximum absolute atomic E-state index is 4.90. The van der Waals surface area contributed by atoms with Gasteiger partial charge in [-0.05, 0) is 0 Å². The standard InChI is InChI=1S/C2H8N2.2K.Mg.4H/c3-1-2-4;;;;;;;/h1-4H2;;;;;;;/q;2*+1;+2;4*-1. The van der Waals surface area contributed by atoms with Crippen molar-refractivity contribution in [3.8, 4) is 0 Å².